The lowest BCUT2D eigenvalue weighted by Gasteiger charge is -2.09. The van der Waals surface area contributed by atoms with Crippen molar-refractivity contribution in [2.45, 2.75) is 39.7 Å². The van der Waals surface area contributed by atoms with E-state index in [1.807, 2.05) is 0 Å². The van der Waals surface area contributed by atoms with Crippen molar-refractivity contribution in [2.75, 3.05) is 0 Å². The number of rotatable bonds is 2. The van der Waals surface area contributed by atoms with E-state index in [1.54, 1.807) is 0 Å². The van der Waals surface area contributed by atoms with Crippen LogP contribution in [-0.2, 0) is 4.74 Å². The SMILES string of the molecule is CC(C)CC1=CCC(C)O1. The smallest absolute Gasteiger partial charge is 0.0989 e. The monoisotopic (exact) mass is 140 g/mol. The highest BCUT2D eigenvalue weighted by molar-refractivity contribution is 5.00. The zero-order valence-electron chi connectivity index (χ0n) is 7.05. The minimum atomic E-state index is 0.425. The molecule has 1 nitrogen and oxygen atoms in total. The Bertz CT molecular complexity index is 136. The molecule has 1 aliphatic rings. The predicted molar refractivity (Wildman–Crippen MR) is 42.7 cm³/mol. The van der Waals surface area contributed by atoms with Gasteiger partial charge in [-0.15, -0.1) is 0 Å². The predicted octanol–water partition coefficient (Wildman–Crippen LogP) is 2.73. The van der Waals surface area contributed by atoms with Gasteiger partial charge in [0.2, 0.25) is 0 Å². The second-order valence-corrected chi connectivity index (χ2v) is 3.43. The van der Waals surface area contributed by atoms with E-state index in [-0.39, 0.29) is 0 Å². The van der Waals surface area contributed by atoms with Crippen LogP contribution in [0.1, 0.15) is 33.6 Å². The van der Waals surface area contributed by atoms with Crippen LogP contribution in [-0.4, -0.2) is 6.10 Å². The zero-order chi connectivity index (χ0) is 7.56. The van der Waals surface area contributed by atoms with Crippen molar-refractivity contribution in [2.24, 2.45) is 5.92 Å². The molecule has 1 aliphatic heterocycles. The largest absolute Gasteiger partial charge is 0.495 e. The van der Waals surface area contributed by atoms with Crippen LogP contribution >= 0.6 is 0 Å². The second-order valence-electron chi connectivity index (χ2n) is 3.43. The Morgan fingerprint density at radius 2 is 2.40 bits per heavy atom. The van der Waals surface area contributed by atoms with E-state index in [4.69, 9.17) is 4.74 Å². The van der Waals surface area contributed by atoms with E-state index in [0.717, 1.165) is 18.8 Å². The van der Waals surface area contributed by atoms with Crippen LogP contribution < -0.4 is 0 Å². The normalized spacial score (nSPS) is 24.8. The fraction of sp³-hybridized carbons (Fsp3) is 0.778. The lowest BCUT2D eigenvalue weighted by atomic mass is 10.1. The van der Waals surface area contributed by atoms with Gasteiger partial charge < -0.3 is 4.74 Å². The molecule has 10 heavy (non-hydrogen) atoms. The molecule has 1 rings (SSSR count). The Labute approximate surface area is 63.1 Å². The second kappa shape index (κ2) is 3.09. The van der Waals surface area contributed by atoms with E-state index in [0.29, 0.717) is 6.10 Å². The third kappa shape index (κ3) is 2.05. The highest BCUT2D eigenvalue weighted by Crippen LogP contribution is 2.22. The maximum Gasteiger partial charge on any atom is 0.0989 e. The molecule has 0 aromatic carbocycles. The highest BCUT2D eigenvalue weighted by Gasteiger charge is 2.13. The fourth-order valence-corrected chi connectivity index (χ4v) is 1.19. The summed E-state index contributed by atoms with van der Waals surface area (Å²) in [5, 5.41) is 0. The number of hydrogen-bond acceptors (Lipinski definition) is 1. The summed E-state index contributed by atoms with van der Waals surface area (Å²) in [7, 11) is 0. The van der Waals surface area contributed by atoms with Gasteiger partial charge in [-0.05, 0) is 18.9 Å². The summed E-state index contributed by atoms with van der Waals surface area (Å²) in [6, 6.07) is 0. The molecule has 0 amide bonds. The third-order valence-corrected chi connectivity index (χ3v) is 1.64. The molecule has 0 N–H and O–H groups in total. The summed E-state index contributed by atoms with van der Waals surface area (Å²) in [6.07, 6.45) is 4.84. The van der Waals surface area contributed by atoms with Gasteiger partial charge in [-0.3, -0.25) is 0 Å². The van der Waals surface area contributed by atoms with Crippen molar-refractivity contribution in [1.29, 1.82) is 0 Å². The Morgan fingerprint density at radius 3 is 2.80 bits per heavy atom. The van der Waals surface area contributed by atoms with E-state index in [2.05, 4.69) is 26.8 Å². The first-order valence-corrected chi connectivity index (χ1v) is 4.04. The van der Waals surface area contributed by atoms with Crippen LogP contribution in [0.25, 0.3) is 0 Å². The molecular formula is C9H16O. The lowest BCUT2D eigenvalue weighted by Crippen LogP contribution is -1.99. The molecule has 0 radical (unpaired) electrons. The van der Waals surface area contributed by atoms with Crippen LogP contribution in [0, 0.1) is 5.92 Å². The van der Waals surface area contributed by atoms with Crippen LogP contribution in [0.2, 0.25) is 0 Å². The van der Waals surface area contributed by atoms with Gasteiger partial charge >= 0.3 is 0 Å². The van der Waals surface area contributed by atoms with Crippen molar-refractivity contribution in [3.8, 4) is 0 Å². The van der Waals surface area contributed by atoms with Gasteiger partial charge in [-0.2, -0.15) is 0 Å². The molecule has 0 spiro atoms. The minimum Gasteiger partial charge on any atom is -0.495 e. The third-order valence-electron chi connectivity index (χ3n) is 1.64. The van der Waals surface area contributed by atoms with Gasteiger partial charge in [-0.1, -0.05) is 13.8 Å². The van der Waals surface area contributed by atoms with Gasteiger partial charge in [0.05, 0.1) is 11.9 Å². The Morgan fingerprint density at radius 1 is 1.70 bits per heavy atom. The maximum absolute atomic E-state index is 5.53. The van der Waals surface area contributed by atoms with E-state index >= 15 is 0 Å². The Kier molecular flexibility index (Phi) is 2.36. The van der Waals surface area contributed by atoms with Crippen molar-refractivity contribution >= 4 is 0 Å². The standard InChI is InChI=1S/C9H16O/c1-7(2)6-9-5-4-8(3)10-9/h5,7-8H,4,6H2,1-3H3. The van der Waals surface area contributed by atoms with Gasteiger partial charge in [0.1, 0.15) is 0 Å². The number of ether oxygens (including phenoxy) is 1. The van der Waals surface area contributed by atoms with E-state index in [1.165, 1.54) is 5.76 Å². The summed E-state index contributed by atoms with van der Waals surface area (Å²) in [4.78, 5) is 0. The van der Waals surface area contributed by atoms with Crippen LogP contribution in [0.15, 0.2) is 11.8 Å². The average molecular weight is 140 g/mol. The molecule has 0 saturated carbocycles. The summed E-state index contributed by atoms with van der Waals surface area (Å²) in [5.41, 5.74) is 0. The topological polar surface area (TPSA) is 9.23 Å². The summed E-state index contributed by atoms with van der Waals surface area (Å²) in [6.45, 7) is 6.55. The zero-order valence-corrected chi connectivity index (χ0v) is 7.05. The molecule has 0 saturated heterocycles. The number of allylic oxidation sites excluding steroid dienone is 1. The molecule has 1 heteroatoms. The van der Waals surface area contributed by atoms with Crippen molar-refractivity contribution in [3.05, 3.63) is 11.8 Å². The van der Waals surface area contributed by atoms with Crippen LogP contribution in [0.5, 0.6) is 0 Å². The van der Waals surface area contributed by atoms with Gasteiger partial charge in [0.15, 0.2) is 0 Å². The molecular weight excluding hydrogens is 124 g/mol. The summed E-state index contributed by atoms with van der Waals surface area (Å²) >= 11 is 0. The molecule has 1 unspecified atom stereocenters. The summed E-state index contributed by atoms with van der Waals surface area (Å²) in [5.74, 6) is 1.92. The number of hydrogen-bond donors (Lipinski definition) is 0. The first-order chi connectivity index (χ1) is 4.68. The molecule has 0 aromatic heterocycles. The quantitative estimate of drug-likeness (QED) is 0.573. The van der Waals surface area contributed by atoms with Crippen molar-refractivity contribution in [3.63, 3.8) is 0 Å². The molecule has 1 atom stereocenters. The molecule has 1 heterocycles. The molecule has 58 valence electrons. The van der Waals surface area contributed by atoms with Crippen LogP contribution in [0.3, 0.4) is 0 Å². The summed E-state index contributed by atoms with van der Waals surface area (Å²) < 4.78 is 5.53. The van der Waals surface area contributed by atoms with Gasteiger partial charge in [-0.25, -0.2) is 0 Å². The van der Waals surface area contributed by atoms with E-state index < -0.39 is 0 Å². The van der Waals surface area contributed by atoms with Gasteiger partial charge in [0, 0.05) is 12.8 Å². The first-order valence-electron chi connectivity index (χ1n) is 4.04. The van der Waals surface area contributed by atoms with Crippen molar-refractivity contribution in [1.82, 2.24) is 0 Å². The maximum atomic E-state index is 5.53. The average Bonchev–Trinajstić information content (AvgIpc) is 2.13. The lowest BCUT2D eigenvalue weighted by molar-refractivity contribution is 0.148. The fourth-order valence-electron chi connectivity index (χ4n) is 1.19. The minimum absolute atomic E-state index is 0.425. The first kappa shape index (κ1) is 7.64. The molecule has 0 fully saturated rings. The van der Waals surface area contributed by atoms with Crippen LogP contribution in [0.4, 0.5) is 0 Å². The Hall–Kier alpha value is -0.460. The molecule has 0 bridgehead atoms. The highest BCUT2D eigenvalue weighted by atomic mass is 16.5. The molecule has 0 aromatic rings. The Balaban J connectivity index is 2.30. The van der Waals surface area contributed by atoms with E-state index in [9.17, 15) is 0 Å². The van der Waals surface area contributed by atoms with Crippen molar-refractivity contribution < 1.29 is 4.74 Å². The van der Waals surface area contributed by atoms with Gasteiger partial charge in [0.25, 0.3) is 0 Å². The molecule has 0 aliphatic carbocycles.